The van der Waals surface area contributed by atoms with Gasteiger partial charge < -0.3 is 19.9 Å². The average molecular weight is 396 g/mol. The summed E-state index contributed by atoms with van der Waals surface area (Å²) < 4.78 is 5.49. The third kappa shape index (κ3) is 5.50. The normalized spacial score (nSPS) is 14.4. The summed E-state index contributed by atoms with van der Waals surface area (Å²) in [6.45, 7) is 3.68. The molecule has 1 fully saturated rings. The molecule has 0 aromatic heterocycles. The largest absolute Gasteiger partial charge is 0.484 e. The second-order valence-electron chi connectivity index (χ2n) is 7.75. The summed E-state index contributed by atoms with van der Waals surface area (Å²) >= 11 is 0. The van der Waals surface area contributed by atoms with Gasteiger partial charge in [-0.25, -0.2) is 0 Å². The number of ether oxygens (including phenoxy) is 1. The SMILES string of the molecule is CC1CCN(C(=O)c2cc(NC(=O)COc3ccccc3)ccc2N(C)C)CC1. The Balaban J connectivity index is 1.70. The molecule has 6 nitrogen and oxygen atoms in total. The lowest BCUT2D eigenvalue weighted by Gasteiger charge is -2.31. The van der Waals surface area contributed by atoms with E-state index >= 15 is 0 Å². The van der Waals surface area contributed by atoms with Gasteiger partial charge in [-0.15, -0.1) is 0 Å². The lowest BCUT2D eigenvalue weighted by Crippen LogP contribution is -2.38. The summed E-state index contributed by atoms with van der Waals surface area (Å²) in [6, 6.07) is 14.6. The fourth-order valence-corrected chi connectivity index (χ4v) is 3.42. The summed E-state index contributed by atoms with van der Waals surface area (Å²) in [5.74, 6) is 1.04. The van der Waals surface area contributed by atoms with Gasteiger partial charge in [0.05, 0.1) is 5.56 Å². The Morgan fingerprint density at radius 2 is 1.79 bits per heavy atom. The Morgan fingerprint density at radius 1 is 1.10 bits per heavy atom. The van der Waals surface area contributed by atoms with Crippen LogP contribution < -0.4 is 15.0 Å². The maximum atomic E-state index is 13.1. The van der Waals surface area contributed by atoms with E-state index in [0.717, 1.165) is 31.6 Å². The molecule has 0 unspecified atom stereocenters. The summed E-state index contributed by atoms with van der Waals surface area (Å²) in [6.07, 6.45) is 2.05. The summed E-state index contributed by atoms with van der Waals surface area (Å²) in [5.41, 5.74) is 2.03. The number of benzene rings is 2. The Morgan fingerprint density at radius 3 is 2.45 bits per heavy atom. The van der Waals surface area contributed by atoms with Crippen molar-refractivity contribution in [2.45, 2.75) is 19.8 Å². The van der Waals surface area contributed by atoms with E-state index in [1.807, 2.05) is 54.2 Å². The van der Waals surface area contributed by atoms with Gasteiger partial charge in [-0.05, 0) is 49.1 Å². The molecular weight excluding hydrogens is 366 g/mol. The topological polar surface area (TPSA) is 61.9 Å². The van der Waals surface area contributed by atoms with Crippen molar-refractivity contribution in [1.29, 1.82) is 0 Å². The highest BCUT2D eigenvalue weighted by molar-refractivity contribution is 6.02. The molecule has 2 aromatic carbocycles. The first kappa shape index (κ1) is 20.7. The van der Waals surface area contributed by atoms with E-state index in [-0.39, 0.29) is 18.4 Å². The van der Waals surface area contributed by atoms with Gasteiger partial charge >= 0.3 is 0 Å². The monoisotopic (exact) mass is 395 g/mol. The molecule has 29 heavy (non-hydrogen) atoms. The number of carbonyl (C=O) groups excluding carboxylic acids is 2. The van der Waals surface area contributed by atoms with Crippen LogP contribution in [0.1, 0.15) is 30.1 Å². The van der Waals surface area contributed by atoms with Crippen LogP contribution in [0.3, 0.4) is 0 Å². The highest BCUT2D eigenvalue weighted by atomic mass is 16.5. The number of nitrogens with one attached hydrogen (secondary N) is 1. The van der Waals surface area contributed by atoms with Crippen LogP contribution in [-0.2, 0) is 4.79 Å². The molecule has 2 aromatic rings. The predicted octanol–water partition coefficient (Wildman–Crippen LogP) is 3.64. The molecule has 0 atom stereocenters. The Labute approximate surface area is 172 Å². The van der Waals surface area contributed by atoms with E-state index in [2.05, 4.69) is 12.2 Å². The maximum absolute atomic E-state index is 13.1. The van der Waals surface area contributed by atoms with Crippen molar-refractivity contribution in [2.24, 2.45) is 5.92 Å². The zero-order chi connectivity index (χ0) is 20.8. The fourth-order valence-electron chi connectivity index (χ4n) is 3.42. The Hall–Kier alpha value is -3.02. The van der Waals surface area contributed by atoms with Gasteiger partial charge in [0.1, 0.15) is 5.75 Å². The van der Waals surface area contributed by atoms with Gasteiger partial charge in [0.15, 0.2) is 6.61 Å². The highest BCUT2D eigenvalue weighted by Gasteiger charge is 2.24. The molecule has 1 heterocycles. The zero-order valence-electron chi connectivity index (χ0n) is 17.4. The van der Waals surface area contributed by atoms with Gasteiger partial charge in [0, 0.05) is 38.6 Å². The number of anilines is 2. The van der Waals surface area contributed by atoms with Gasteiger partial charge in [-0.1, -0.05) is 25.1 Å². The Bertz CT molecular complexity index is 844. The first-order chi connectivity index (χ1) is 13.9. The van der Waals surface area contributed by atoms with Crippen LogP contribution in [0.15, 0.2) is 48.5 Å². The standard InChI is InChI=1S/C23H29N3O3/c1-17-11-13-26(14-12-17)23(28)20-15-18(9-10-21(20)25(2)3)24-22(27)16-29-19-7-5-4-6-8-19/h4-10,15,17H,11-14,16H2,1-3H3,(H,24,27). The minimum absolute atomic E-state index is 0.0113. The number of rotatable bonds is 6. The molecule has 0 bridgehead atoms. The summed E-state index contributed by atoms with van der Waals surface area (Å²) in [7, 11) is 3.83. The molecule has 0 radical (unpaired) electrons. The second kappa shape index (κ2) is 9.45. The molecule has 1 aliphatic rings. The average Bonchev–Trinajstić information content (AvgIpc) is 2.73. The van der Waals surface area contributed by atoms with Gasteiger partial charge in [0.2, 0.25) is 0 Å². The first-order valence-corrected chi connectivity index (χ1v) is 10.0. The molecule has 1 N–H and O–H groups in total. The van der Waals surface area contributed by atoms with Crippen LogP contribution in [0, 0.1) is 5.92 Å². The number of amides is 2. The van der Waals surface area contributed by atoms with Gasteiger partial charge in [-0.2, -0.15) is 0 Å². The molecule has 0 aliphatic carbocycles. The van der Waals surface area contributed by atoms with Crippen molar-refractivity contribution in [2.75, 3.05) is 44.0 Å². The van der Waals surface area contributed by atoms with Crippen LogP contribution in [0.5, 0.6) is 5.75 Å². The van der Waals surface area contributed by atoms with E-state index in [1.165, 1.54) is 0 Å². The Kier molecular flexibility index (Phi) is 6.75. The highest BCUT2D eigenvalue weighted by Crippen LogP contribution is 2.26. The van der Waals surface area contributed by atoms with E-state index < -0.39 is 0 Å². The molecule has 1 aliphatic heterocycles. The number of likely N-dealkylation sites (tertiary alicyclic amines) is 1. The molecule has 1 saturated heterocycles. The number of nitrogens with zero attached hydrogens (tertiary/aromatic N) is 2. The van der Waals surface area contributed by atoms with Crippen LogP contribution >= 0.6 is 0 Å². The van der Waals surface area contributed by atoms with Crippen molar-refractivity contribution < 1.29 is 14.3 Å². The maximum Gasteiger partial charge on any atom is 0.262 e. The quantitative estimate of drug-likeness (QED) is 0.811. The molecule has 6 heteroatoms. The molecule has 2 amide bonds. The zero-order valence-corrected chi connectivity index (χ0v) is 17.4. The lowest BCUT2D eigenvalue weighted by atomic mass is 9.98. The minimum Gasteiger partial charge on any atom is -0.484 e. The van der Waals surface area contributed by atoms with Crippen molar-refractivity contribution in [3.8, 4) is 5.75 Å². The van der Waals surface area contributed by atoms with Crippen molar-refractivity contribution in [1.82, 2.24) is 4.90 Å². The van der Waals surface area contributed by atoms with Crippen LogP contribution in [0.25, 0.3) is 0 Å². The minimum atomic E-state index is -0.267. The second-order valence-corrected chi connectivity index (χ2v) is 7.75. The summed E-state index contributed by atoms with van der Waals surface area (Å²) in [5, 5.41) is 2.83. The number of hydrogen-bond donors (Lipinski definition) is 1. The fraction of sp³-hybridized carbons (Fsp3) is 0.391. The van der Waals surface area contributed by atoms with Gasteiger partial charge in [0.25, 0.3) is 11.8 Å². The van der Waals surface area contributed by atoms with Crippen LogP contribution in [0.2, 0.25) is 0 Å². The molecule has 3 rings (SSSR count). The first-order valence-electron chi connectivity index (χ1n) is 10.0. The van der Waals surface area contributed by atoms with Crippen LogP contribution in [-0.4, -0.2) is 50.5 Å². The molecule has 0 spiro atoms. The predicted molar refractivity (Wildman–Crippen MR) is 116 cm³/mol. The smallest absolute Gasteiger partial charge is 0.262 e. The molecule has 154 valence electrons. The lowest BCUT2D eigenvalue weighted by molar-refractivity contribution is -0.118. The number of para-hydroxylation sites is 1. The third-order valence-corrected chi connectivity index (χ3v) is 5.18. The van der Waals surface area contributed by atoms with Gasteiger partial charge in [-0.3, -0.25) is 9.59 Å². The number of carbonyl (C=O) groups is 2. The third-order valence-electron chi connectivity index (χ3n) is 5.18. The number of hydrogen-bond acceptors (Lipinski definition) is 4. The molecule has 0 saturated carbocycles. The van der Waals surface area contributed by atoms with Crippen LogP contribution in [0.4, 0.5) is 11.4 Å². The van der Waals surface area contributed by atoms with Crippen molar-refractivity contribution in [3.05, 3.63) is 54.1 Å². The van der Waals surface area contributed by atoms with E-state index in [4.69, 9.17) is 4.74 Å². The van der Waals surface area contributed by atoms with Crippen molar-refractivity contribution in [3.63, 3.8) is 0 Å². The van der Waals surface area contributed by atoms with Crippen molar-refractivity contribution >= 4 is 23.2 Å². The number of piperidine rings is 1. The summed E-state index contributed by atoms with van der Waals surface area (Å²) in [4.78, 5) is 29.3. The molecular formula is C23H29N3O3. The van der Waals surface area contributed by atoms with E-state index in [0.29, 0.717) is 22.9 Å². The van der Waals surface area contributed by atoms with E-state index in [9.17, 15) is 9.59 Å². The van der Waals surface area contributed by atoms with E-state index in [1.54, 1.807) is 18.2 Å².